The largest absolute Gasteiger partial charge is 0.508 e. The van der Waals surface area contributed by atoms with Crippen LogP contribution >= 0.6 is 0 Å². The normalized spacial score (nSPS) is 11.4. The van der Waals surface area contributed by atoms with Crippen molar-refractivity contribution >= 4 is 30.3 Å². The van der Waals surface area contributed by atoms with Gasteiger partial charge < -0.3 is 14.6 Å². The summed E-state index contributed by atoms with van der Waals surface area (Å²) in [7, 11) is 0. The Balaban J connectivity index is 1.24. The zero-order chi connectivity index (χ0) is 25.6. The summed E-state index contributed by atoms with van der Waals surface area (Å²) in [4.78, 5) is 11.0. The van der Waals surface area contributed by atoms with Gasteiger partial charge in [0.2, 0.25) is 11.8 Å². The Morgan fingerprint density at radius 2 is 0.919 bits per heavy atom. The fraction of sp³-hybridized carbons (Fsp3) is 0. The first kappa shape index (κ1) is 23.5. The Kier molecular flexibility index (Phi) is 6.72. The maximum absolute atomic E-state index is 11.0. The Bertz CT molecular complexity index is 1560. The number of carbonyl (C=O) groups is 1. The van der Waals surface area contributed by atoms with Crippen molar-refractivity contribution in [3.63, 3.8) is 0 Å². The molecular formula is C31H22N2O4. The number of phenolic OH excluding ortho intramolecular Hbond substituents is 1. The minimum atomic E-state index is -0.938. The topological polar surface area (TPSA) is 96.5 Å². The number of carboxylic acids is 1. The number of carboxylic acid groups (broad SMARTS) is 1. The van der Waals surface area contributed by atoms with Gasteiger partial charge in [-0.2, -0.15) is 0 Å². The maximum Gasteiger partial charge on any atom is 0.335 e. The number of aromatic hydroxyl groups is 1. The summed E-state index contributed by atoms with van der Waals surface area (Å²) in [5.41, 5.74) is 5.83. The molecule has 0 spiro atoms. The molecule has 6 heteroatoms. The average molecular weight is 487 g/mol. The molecule has 0 saturated heterocycles. The summed E-state index contributed by atoms with van der Waals surface area (Å²) in [5.74, 6) is 0.186. The molecule has 0 radical (unpaired) electrons. The minimum absolute atomic E-state index is 0.246. The second-order valence-corrected chi connectivity index (χ2v) is 8.34. The van der Waals surface area contributed by atoms with Crippen molar-refractivity contribution in [1.82, 2.24) is 10.2 Å². The van der Waals surface area contributed by atoms with E-state index in [1.54, 1.807) is 36.4 Å². The molecule has 4 aromatic carbocycles. The third kappa shape index (κ3) is 5.89. The summed E-state index contributed by atoms with van der Waals surface area (Å²) in [6.07, 6.45) is 7.86. The highest BCUT2D eigenvalue weighted by Gasteiger charge is 2.10. The van der Waals surface area contributed by atoms with Crippen LogP contribution in [0.4, 0.5) is 0 Å². The van der Waals surface area contributed by atoms with Crippen molar-refractivity contribution in [1.29, 1.82) is 0 Å². The smallest absolute Gasteiger partial charge is 0.335 e. The molecule has 6 nitrogen and oxygen atoms in total. The minimum Gasteiger partial charge on any atom is -0.508 e. The van der Waals surface area contributed by atoms with Crippen LogP contribution < -0.4 is 0 Å². The third-order valence-corrected chi connectivity index (χ3v) is 5.73. The SMILES string of the molecule is O=C(O)c1ccc(C=Cc2ccc(-c3nnc(-c4ccc(C=Cc5ccc(O)cc5)cc4)o3)cc2)cc1. The molecule has 0 fully saturated rings. The highest BCUT2D eigenvalue weighted by atomic mass is 16.4. The van der Waals surface area contributed by atoms with Gasteiger partial charge in [0.1, 0.15) is 5.75 Å². The number of nitrogens with zero attached hydrogens (tertiary/aromatic N) is 2. The average Bonchev–Trinajstić information content (AvgIpc) is 3.43. The van der Waals surface area contributed by atoms with E-state index < -0.39 is 5.97 Å². The number of phenols is 1. The van der Waals surface area contributed by atoms with Gasteiger partial charge in [-0.15, -0.1) is 10.2 Å². The number of benzene rings is 4. The first-order valence-corrected chi connectivity index (χ1v) is 11.6. The zero-order valence-electron chi connectivity index (χ0n) is 19.7. The molecule has 2 N–H and O–H groups in total. The Hall–Kier alpha value is -5.23. The molecular weight excluding hydrogens is 464 g/mol. The predicted octanol–water partition coefficient (Wildman–Crippen LogP) is 7.15. The fourth-order valence-electron chi connectivity index (χ4n) is 3.64. The van der Waals surface area contributed by atoms with Gasteiger partial charge in [-0.3, -0.25) is 0 Å². The van der Waals surface area contributed by atoms with Gasteiger partial charge in [0.05, 0.1) is 5.56 Å². The third-order valence-electron chi connectivity index (χ3n) is 5.73. The lowest BCUT2D eigenvalue weighted by molar-refractivity contribution is 0.0697. The quantitative estimate of drug-likeness (QED) is 0.237. The predicted molar refractivity (Wildman–Crippen MR) is 145 cm³/mol. The molecule has 0 bridgehead atoms. The van der Waals surface area contributed by atoms with Gasteiger partial charge in [-0.1, -0.05) is 72.8 Å². The standard InChI is InChI=1S/C31H22N2O4/c34-28-19-11-24(12-20-28)4-3-22-7-15-26(16-8-22)30-33-32-29(37-30)25-13-5-21(6-14-25)1-2-23-9-17-27(18-10-23)31(35)36/h1-20,34H,(H,35,36). The number of rotatable bonds is 7. The number of aromatic nitrogens is 2. The van der Waals surface area contributed by atoms with E-state index in [4.69, 9.17) is 9.52 Å². The fourth-order valence-corrected chi connectivity index (χ4v) is 3.64. The molecule has 0 aliphatic rings. The van der Waals surface area contributed by atoms with Crippen molar-refractivity contribution < 1.29 is 19.4 Å². The van der Waals surface area contributed by atoms with Crippen LogP contribution in [0, 0.1) is 0 Å². The summed E-state index contributed by atoms with van der Waals surface area (Å²) in [5, 5.41) is 26.8. The van der Waals surface area contributed by atoms with Crippen LogP contribution in [0.25, 0.3) is 47.2 Å². The van der Waals surface area contributed by atoms with E-state index in [9.17, 15) is 9.90 Å². The van der Waals surface area contributed by atoms with Crippen molar-refractivity contribution in [2.24, 2.45) is 0 Å². The van der Waals surface area contributed by atoms with Crippen molar-refractivity contribution in [2.45, 2.75) is 0 Å². The van der Waals surface area contributed by atoms with Gasteiger partial charge in [0.15, 0.2) is 0 Å². The monoisotopic (exact) mass is 486 g/mol. The number of hydrogen-bond acceptors (Lipinski definition) is 5. The Morgan fingerprint density at radius 3 is 1.30 bits per heavy atom. The van der Waals surface area contributed by atoms with Gasteiger partial charge in [-0.05, 0) is 70.8 Å². The van der Waals surface area contributed by atoms with E-state index in [2.05, 4.69) is 10.2 Å². The van der Waals surface area contributed by atoms with E-state index in [1.165, 1.54) is 0 Å². The lowest BCUT2D eigenvalue weighted by Gasteiger charge is -1.99. The van der Waals surface area contributed by atoms with Crippen LogP contribution in [0.1, 0.15) is 32.6 Å². The van der Waals surface area contributed by atoms with Crippen LogP contribution in [0.5, 0.6) is 5.75 Å². The second kappa shape index (κ2) is 10.6. The van der Waals surface area contributed by atoms with Crippen molar-refractivity contribution in [2.75, 3.05) is 0 Å². The summed E-state index contributed by atoms with van der Waals surface area (Å²) < 4.78 is 5.91. The summed E-state index contributed by atoms with van der Waals surface area (Å²) in [6, 6.07) is 29.3. The van der Waals surface area contributed by atoms with E-state index in [-0.39, 0.29) is 11.3 Å². The molecule has 5 rings (SSSR count). The molecule has 0 saturated carbocycles. The van der Waals surface area contributed by atoms with E-state index in [1.807, 2.05) is 85.0 Å². The second-order valence-electron chi connectivity index (χ2n) is 8.34. The molecule has 1 aromatic heterocycles. The number of aromatic carboxylic acids is 1. The van der Waals surface area contributed by atoms with Crippen molar-refractivity contribution in [3.05, 3.63) is 125 Å². The van der Waals surface area contributed by atoms with Crippen molar-refractivity contribution in [3.8, 4) is 28.7 Å². The highest BCUT2D eigenvalue weighted by molar-refractivity contribution is 5.88. The van der Waals surface area contributed by atoms with Crippen LogP contribution in [0.2, 0.25) is 0 Å². The lowest BCUT2D eigenvalue weighted by Crippen LogP contribution is -1.94. The molecule has 0 aliphatic heterocycles. The van der Waals surface area contributed by atoms with Gasteiger partial charge in [0, 0.05) is 11.1 Å². The molecule has 0 unspecified atom stereocenters. The van der Waals surface area contributed by atoms with Crippen LogP contribution in [0.3, 0.4) is 0 Å². The Labute approximate surface area is 213 Å². The zero-order valence-corrected chi connectivity index (χ0v) is 19.7. The van der Waals surface area contributed by atoms with Gasteiger partial charge in [-0.25, -0.2) is 4.79 Å². The summed E-state index contributed by atoms with van der Waals surface area (Å²) >= 11 is 0. The van der Waals surface area contributed by atoms with Crippen LogP contribution in [-0.4, -0.2) is 26.4 Å². The highest BCUT2D eigenvalue weighted by Crippen LogP contribution is 2.25. The van der Waals surface area contributed by atoms with Gasteiger partial charge in [0.25, 0.3) is 0 Å². The molecule has 0 amide bonds. The maximum atomic E-state index is 11.0. The summed E-state index contributed by atoms with van der Waals surface area (Å²) in [6.45, 7) is 0. The molecule has 180 valence electrons. The van der Waals surface area contributed by atoms with Gasteiger partial charge >= 0.3 is 5.97 Å². The Morgan fingerprint density at radius 1 is 0.568 bits per heavy atom. The van der Waals surface area contributed by atoms with Crippen LogP contribution in [-0.2, 0) is 0 Å². The first-order chi connectivity index (χ1) is 18.0. The van der Waals surface area contributed by atoms with Crippen LogP contribution in [0.15, 0.2) is 101 Å². The number of hydrogen-bond donors (Lipinski definition) is 2. The molecule has 0 atom stereocenters. The molecule has 1 heterocycles. The molecule has 5 aromatic rings. The first-order valence-electron chi connectivity index (χ1n) is 11.6. The molecule has 37 heavy (non-hydrogen) atoms. The van der Waals surface area contributed by atoms with E-state index >= 15 is 0 Å². The lowest BCUT2D eigenvalue weighted by atomic mass is 10.1. The van der Waals surface area contributed by atoms with E-state index in [0.29, 0.717) is 11.8 Å². The molecule has 0 aliphatic carbocycles. The van der Waals surface area contributed by atoms with E-state index in [0.717, 1.165) is 33.4 Å².